The summed E-state index contributed by atoms with van der Waals surface area (Å²) in [6.07, 6.45) is 5.37. The van der Waals surface area contributed by atoms with E-state index in [0.717, 1.165) is 17.5 Å². The van der Waals surface area contributed by atoms with E-state index in [1.54, 1.807) is 12.1 Å². The van der Waals surface area contributed by atoms with Crippen molar-refractivity contribution in [2.45, 2.75) is 31.7 Å². The molecule has 2 bridgehead atoms. The maximum atomic E-state index is 5.98. The summed E-state index contributed by atoms with van der Waals surface area (Å²) in [5.74, 6) is 1.72. The van der Waals surface area contributed by atoms with E-state index in [1.807, 2.05) is 6.07 Å². The van der Waals surface area contributed by atoms with Crippen LogP contribution in [0.5, 0.6) is 0 Å². The minimum atomic E-state index is 0.536. The van der Waals surface area contributed by atoms with E-state index >= 15 is 0 Å². The number of halogens is 2. The van der Waals surface area contributed by atoms with Gasteiger partial charge in [0.15, 0.2) is 5.11 Å². The first-order valence-electron chi connectivity index (χ1n) is 6.64. The predicted molar refractivity (Wildman–Crippen MR) is 85.1 cm³/mol. The van der Waals surface area contributed by atoms with Crippen molar-refractivity contribution in [1.82, 2.24) is 5.32 Å². The molecule has 5 heteroatoms. The van der Waals surface area contributed by atoms with Gasteiger partial charge in [-0.2, -0.15) is 0 Å². The standard InChI is InChI=1S/C14H16Cl2N2S/c15-11-4-3-10(7-12(11)16)17-14(19)18-13-6-8-1-2-9(13)5-8/h3-4,7-9,13H,1-2,5-6H2,(H2,17,18,19)/t8-,9-,13-/m0/s1. The fraction of sp³-hybridized carbons (Fsp3) is 0.500. The lowest BCUT2D eigenvalue weighted by molar-refractivity contribution is 0.392. The van der Waals surface area contributed by atoms with Crippen molar-refractivity contribution in [1.29, 1.82) is 0 Å². The molecule has 2 fully saturated rings. The van der Waals surface area contributed by atoms with E-state index in [9.17, 15) is 0 Å². The van der Waals surface area contributed by atoms with Gasteiger partial charge in [-0.3, -0.25) is 0 Å². The van der Waals surface area contributed by atoms with Gasteiger partial charge in [0.05, 0.1) is 10.0 Å². The summed E-state index contributed by atoms with van der Waals surface area (Å²) < 4.78 is 0. The Morgan fingerprint density at radius 3 is 2.63 bits per heavy atom. The number of thiocarbonyl (C=S) groups is 1. The molecule has 2 aliphatic carbocycles. The molecule has 102 valence electrons. The average Bonchev–Trinajstić information content (AvgIpc) is 2.96. The quantitative estimate of drug-likeness (QED) is 0.788. The highest BCUT2D eigenvalue weighted by Gasteiger charge is 2.39. The van der Waals surface area contributed by atoms with Crippen molar-refractivity contribution in [3.05, 3.63) is 28.2 Å². The molecule has 0 radical (unpaired) electrons. The van der Waals surface area contributed by atoms with Gasteiger partial charge in [-0.1, -0.05) is 29.6 Å². The second-order valence-corrected chi connectivity index (χ2v) is 6.73. The molecule has 0 heterocycles. The molecule has 2 nitrogen and oxygen atoms in total. The van der Waals surface area contributed by atoms with E-state index in [2.05, 4.69) is 10.6 Å². The fourth-order valence-corrected chi connectivity index (χ4v) is 3.90. The van der Waals surface area contributed by atoms with Crippen molar-refractivity contribution in [3.63, 3.8) is 0 Å². The number of hydrogen-bond donors (Lipinski definition) is 2. The van der Waals surface area contributed by atoms with E-state index in [0.29, 0.717) is 21.2 Å². The minimum Gasteiger partial charge on any atom is -0.359 e. The third-order valence-electron chi connectivity index (χ3n) is 4.23. The van der Waals surface area contributed by atoms with Gasteiger partial charge in [0, 0.05) is 11.7 Å². The highest BCUT2D eigenvalue weighted by molar-refractivity contribution is 7.80. The zero-order valence-electron chi connectivity index (χ0n) is 10.5. The molecule has 3 atom stereocenters. The lowest BCUT2D eigenvalue weighted by Crippen LogP contribution is -2.40. The molecule has 3 rings (SSSR count). The predicted octanol–water partition coefficient (Wildman–Crippen LogP) is 4.47. The van der Waals surface area contributed by atoms with Crippen molar-refractivity contribution in [2.75, 3.05) is 5.32 Å². The van der Waals surface area contributed by atoms with Gasteiger partial charge in [-0.05, 0) is 61.5 Å². The summed E-state index contributed by atoms with van der Waals surface area (Å²) in [6.45, 7) is 0. The first kappa shape index (κ1) is 13.5. The van der Waals surface area contributed by atoms with Gasteiger partial charge in [0.25, 0.3) is 0 Å². The number of fused-ring (bicyclic) bond motifs is 2. The van der Waals surface area contributed by atoms with Crippen LogP contribution in [-0.4, -0.2) is 11.2 Å². The number of benzene rings is 1. The van der Waals surface area contributed by atoms with Crippen LogP contribution in [0.15, 0.2) is 18.2 Å². The third kappa shape index (κ3) is 2.99. The lowest BCUT2D eigenvalue weighted by atomic mass is 9.96. The molecule has 0 aromatic heterocycles. The van der Waals surface area contributed by atoms with Crippen LogP contribution in [-0.2, 0) is 0 Å². The number of hydrogen-bond acceptors (Lipinski definition) is 1. The Morgan fingerprint density at radius 2 is 2.00 bits per heavy atom. The first-order valence-corrected chi connectivity index (χ1v) is 7.81. The largest absolute Gasteiger partial charge is 0.359 e. The fourth-order valence-electron chi connectivity index (χ4n) is 3.33. The molecule has 0 aliphatic heterocycles. The van der Waals surface area contributed by atoms with Crippen LogP contribution < -0.4 is 10.6 Å². The number of anilines is 1. The molecule has 2 saturated carbocycles. The maximum absolute atomic E-state index is 5.98. The van der Waals surface area contributed by atoms with Gasteiger partial charge in [0.2, 0.25) is 0 Å². The first-order chi connectivity index (χ1) is 9.11. The Labute approximate surface area is 128 Å². The Hall–Kier alpha value is -0.510. The van der Waals surface area contributed by atoms with Crippen molar-refractivity contribution >= 4 is 46.2 Å². The van der Waals surface area contributed by atoms with Crippen LogP contribution in [0.4, 0.5) is 5.69 Å². The summed E-state index contributed by atoms with van der Waals surface area (Å²) in [6, 6.07) is 5.98. The van der Waals surface area contributed by atoms with Gasteiger partial charge < -0.3 is 10.6 Å². The Morgan fingerprint density at radius 1 is 1.16 bits per heavy atom. The molecule has 19 heavy (non-hydrogen) atoms. The Kier molecular flexibility index (Phi) is 3.88. The third-order valence-corrected chi connectivity index (χ3v) is 5.19. The molecule has 0 saturated heterocycles. The summed E-state index contributed by atoms with van der Waals surface area (Å²) >= 11 is 17.2. The molecular weight excluding hydrogens is 299 g/mol. The topological polar surface area (TPSA) is 24.1 Å². The maximum Gasteiger partial charge on any atom is 0.171 e. The van der Waals surface area contributed by atoms with Crippen LogP contribution >= 0.6 is 35.4 Å². The summed E-state index contributed by atoms with van der Waals surface area (Å²) in [7, 11) is 0. The van der Waals surface area contributed by atoms with Crippen LogP contribution in [0.3, 0.4) is 0 Å². The average molecular weight is 315 g/mol. The molecule has 0 unspecified atom stereocenters. The molecule has 2 N–H and O–H groups in total. The highest BCUT2D eigenvalue weighted by atomic mass is 35.5. The van der Waals surface area contributed by atoms with E-state index in [1.165, 1.54) is 25.7 Å². The van der Waals surface area contributed by atoms with Crippen molar-refractivity contribution in [3.8, 4) is 0 Å². The molecule has 1 aromatic rings. The van der Waals surface area contributed by atoms with Gasteiger partial charge in [0.1, 0.15) is 0 Å². The number of rotatable bonds is 2. The summed E-state index contributed by atoms with van der Waals surface area (Å²) in [4.78, 5) is 0. The monoisotopic (exact) mass is 314 g/mol. The van der Waals surface area contributed by atoms with Crippen molar-refractivity contribution in [2.24, 2.45) is 11.8 Å². The van der Waals surface area contributed by atoms with Crippen LogP contribution in [0.1, 0.15) is 25.7 Å². The van der Waals surface area contributed by atoms with Crippen LogP contribution in [0.2, 0.25) is 10.0 Å². The second-order valence-electron chi connectivity index (χ2n) is 5.51. The highest BCUT2D eigenvalue weighted by Crippen LogP contribution is 2.44. The molecule has 0 amide bonds. The smallest absolute Gasteiger partial charge is 0.171 e. The van der Waals surface area contributed by atoms with Gasteiger partial charge in [-0.25, -0.2) is 0 Å². The molecule has 2 aliphatic rings. The Bertz CT molecular complexity index is 506. The summed E-state index contributed by atoms with van der Waals surface area (Å²) in [5, 5.41) is 8.38. The van der Waals surface area contributed by atoms with Crippen molar-refractivity contribution < 1.29 is 0 Å². The van der Waals surface area contributed by atoms with Crippen LogP contribution in [0.25, 0.3) is 0 Å². The minimum absolute atomic E-state index is 0.536. The van der Waals surface area contributed by atoms with E-state index in [-0.39, 0.29) is 0 Å². The molecular formula is C14H16Cl2N2S. The van der Waals surface area contributed by atoms with Crippen LogP contribution in [0, 0.1) is 11.8 Å². The van der Waals surface area contributed by atoms with E-state index in [4.69, 9.17) is 35.4 Å². The zero-order chi connectivity index (χ0) is 13.4. The molecule has 0 spiro atoms. The zero-order valence-corrected chi connectivity index (χ0v) is 12.8. The lowest BCUT2D eigenvalue weighted by Gasteiger charge is -2.24. The number of nitrogens with one attached hydrogen (secondary N) is 2. The van der Waals surface area contributed by atoms with E-state index < -0.39 is 0 Å². The summed E-state index contributed by atoms with van der Waals surface area (Å²) in [5.41, 5.74) is 0.870. The Balaban J connectivity index is 1.57. The normalized spacial score (nSPS) is 28.4. The SMILES string of the molecule is S=C(Nc1ccc(Cl)c(Cl)c1)N[C@H]1C[C@H]2CC[C@H]1C2. The molecule has 1 aromatic carbocycles. The van der Waals surface area contributed by atoms with Gasteiger partial charge >= 0.3 is 0 Å². The van der Waals surface area contributed by atoms with Gasteiger partial charge in [-0.15, -0.1) is 0 Å². The second kappa shape index (κ2) is 5.47.